The molecule has 1 aromatic carbocycles. The van der Waals surface area contributed by atoms with Crippen LogP contribution in [0.3, 0.4) is 0 Å². The number of carboxylic acids is 1. The maximum atomic E-state index is 12.0. The molecule has 0 aliphatic carbocycles. The smallest absolute Gasteiger partial charge is 0.341 e. The predicted molar refractivity (Wildman–Crippen MR) is 94.1 cm³/mol. The van der Waals surface area contributed by atoms with Crippen molar-refractivity contribution in [3.8, 4) is 0 Å². The van der Waals surface area contributed by atoms with Gasteiger partial charge in [-0.25, -0.2) is 13.2 Å². The van der Waals surface area contributed by atoms with E-state index >= 15 is 0 Å². The third-order valence-electron chi connectivity index (χ3n) is 3.72. The van der Waals surface area contributed by atoms with Gasteiger partial charge in [0.15, 0.2) is 5.76 Å². The van der Waals surface area contributed by atoms with Crippen molar-refractivity contribution in [3.63, 3.8) is 0 Å². The van der Waals surface area contributed by atoms with E-state index in [-0.39, 0.29) is 35.9 Å². The Morgan fingerprint density at radius 2 is 1.88 bits per heavy atom. The zero-order valence-electron chi connectivity index (χ0n) is 14.5. The molecular formula is C17H20N2O6S. The number of aromatic carboxylic acids is 1. The van der Waals surface area contributed by atoms with E-state index in [9.17, 15) is 23.1 Å². The number of carbonyl (C=O) groups excluding carboxylic acids is 1. The molecule has 0 fully saturated rings. The van der Waals surface area contributed by atoms with Crippen LogP contribution in [0.25, 0.3) is 0 Å². The van der Waals surface area contributed by atoms with Crippen LogP contribution in [0.1, 0.15) is 44.7 Å². The molecule has 140 valence electrons. The number of sulfone groups is 1. The van der Waals surface area contributed by atoms with Gasteiger partial charge in [0.05, 0.1) is 11.4 Å². The van der Waals surface area contributed by atoms with E-state index in [2.05, 4.69) is 10.5 Å². The molecule has 1 heterocycles. The van der Waals surface area contributed by atoms with E-state index in [0.717, 1.165) is 11.8 Å². The molecule has 0 spiro atoms. The lowest BCUT2D eigenvalue weighted by molar-refractivity contribution is 0.0693. The van der Waals surface area contributed by atoms with E-state index in [1.807, 2.05) is 0 Å². The van der Waals surface area contributed by atoms with E-state index < -0.39 is 15.8 Å². The Kier molecular flexibility index (Phi) is 6.14. The highest BCUT2D eigenvalue weighted by Gasteiger charge is 2.21. The van der Waals surface area contributed by atoms with Gasteiger partial charge in [0.2, 0.25) is 0 Å². The largest absolute Gasteiger partial charge is 0.477 e. The molecule has 2 aromatic rings. The minimum absolute atomic E-state index is 0.0409. The van der Waals surface area contributed by atoms with Gasteiger partial charge in [0, 0.05) is 24.8 Å². The fourth-order valence-corrected chi connectivity index (χ4v) is 2.85. The third-order valence-corrected chi connectivity index (χ3v) is 4.67. The Balaban J connectivity index is 2.05. The van der Waals surface area contributed by atoms with E-state index in [1.54, 1.807) is 31.2 Å². The van der Waals surface area contributed by atoms with Gasteiger partial charge in [0.1, 0.15) is 15.4 Å². The molecule has 0 unspecified atom stereocenters. The van der Waals surface area contributed by atoms with Crippen molar-refractivity contribution in [1.29, 1.82) is 0 Å². The summed E-state index contributed by atoms with van der Waals surface area (Å²) in [6.07, 6.45) is 1.80. The number of nitrogens with zero attached hydrogens (tertiary/aromatic N) is 1. The minimum atomic E-state index is -3.13. The Bertz CT molecular complexity index is 900. The van der Waals surface area contributed by atoms with E-state index in [1.165, 1.54) is 0 Å². The second-order valence-electron chi connectivity index (χ2n) is 5.85. The lowest BCUT2D eigenvalue weighted by Crippen LogP contribution is -2.28. The van der Waals surface area contributed by atoms with Crippen molar-refractivity contribution < 1.29 is 27.6 Å². The molecule has 8 nitrogen and oxygen atoms in total. The first-order chi connectivity index (χ1) is 12.2. The number of carboxylic acid groups (broad SMARTS) is 1. The second kappa shape index (κ2) is 8.13. The average molecular weight is 380 g/mol. The molecule has 0 aliphatic heterocycles. The summed E-state index contributed by atoms with van der Waals surface area (Å²) in [4.78, 5) is 23.3. The van der Waals surface area contributed by atoms with Crippen LogP contribution in [-0.4, -0.2) is 49.1 Å². The zero-order chi connectivity index (χ0) is 19.3. The molecule has 1 amide bonds. The van der Waals surface area contributed by atoms with Crippen LogP contribution in [0, 0.1) is 0 Å². The van der Waals surface area contributed by atoms with Crippen molar-refractivity contribution >= 4 is 21.7 Å². The Morgan fingerprint density at radius 3 is 2.42 bits per heavy atom. The summed E-state index contributed by atoms with van der Waals surface area (Å²) in [7, 11) is -3.13. The quantitative estimate of drug-likeness (QED) is 0.707. The number of benzene rings is 1. The summed E-state index contributed by atoms with van der Waals surface area (Å²) < 4.78 is 27.3. The fraction of sp³-hybridized carbons (Fsp3) is 0.353. The second-order valence-corrected chi connectivity index (χ2v) is 8.11. The Hall–Kier alpha value is -2.68. The van der Waals surface area contributed by atoms with Crippen LogP contribution < -0.4 is 5.32 Å². The predicted octanol–water partition coefficient (Wildman–Crippen LogP) is 1.30. The fourth-order valence-electron chi connectivity index (χ4n) is 2.38. The zero-order valence-corrected chi connectivity index (χ0v) is 15.3. The van der Waals surface area contributed by atoms with Gasteiger partial charge in [-0.15, -0.1) is 0 Å². The number of carbonyl (C=O) groups is 2. The highest BCUT2D eigenvalue weighted by atomic mass is 32.2. The highest BCUT2D eigenvalue weighted by molar-refractivity contribution is 7.90. The number of hydrogen-bond donors (Lipinski definition) is 2. The van der Waals surface area contributed by atoms with Gasteiger partial charge in [-0.1, -0.05) is 24.2 Å². The summed E-state index contributed by atoms with van der Waals surface area (Å²) in [6, 6.07) is 6.54. The van der Waals surface area contributed by atoms with Gasteiger partial charge in [0.25, 0.3) is 5.91 Å². The molecule has 1 aromatic heterocycles. The van der Waals surface area contributed by atoms with Crippen molar-refractivity contribution in [3.05, 3.63) is 52.4 Å². The molecule has 2 rings (SSSR count). The van der Waals surface area contributed by atoms with Crippen molar-refractivity contribution in [2.45, 2.75) is 19.8 Å². The lowest BCUT2D eigenvalue weighted by atomic mass is 10.0. The number of aromatic nitrogens is 1. The normalized spacial score (nSPS) is 11.3. The summed E-state index contributed by atoms with van der Waals surface area (Å²) in [6.45, 7) is 1.84. The minimum Gasteiger partial charge on any atom is -0.477 e. The molecule has 9 heteroatoms. The van der Waals surface area contributed by atoms with Gasteiger partial charge >= 0.3 is 5.97 Å². The molecular weight excluding hydrogens is 360 g/mol. The highest BCUT2D eigenvalue weighted by Crippen LogP contribution is 2.19. The molecule has 2 N–H and O–H groups in total. The van der Waals surface area contributed by atoms with Crippen molar-refractivity contribution in [2.75, 3.05) is 18.6 Å². The molecule has 26 heavy (non-hydrogen) atoms. The van der Waals surface area contributed by atoms with Gasteiger partial charge in [-0.3, -0.25) is 4.79 Å². The van der Waals surface area contributed by atoms with Crippen LogP contribution in [0.2, 0.25) is 0 Å². The van der Waals surface area contributed by atoms with Crippen molar-refractivity contribution in [1.82, 2.24) is 10.5 Å². The average Bonchev–Trinajstić information content (AvgIpc) is 2.97. The number of aryl methyl sites for hydroxylation is 1. The van der Waals surface area contributed by atoms with Crippen LogP contribution in [0.5, 0.6) is 0 Å². The molecule has 0 saturated heterocycles. The molecule has 0 aliphatic rings. The third kappa shape index (κ3) is 5.16. The molecule has 0 atom stereocenters. The maximum Gasteiger partial charge on any atom is 0.341 e. The number of rotatable bonds is 8. The Morgan fingerprint density at radius 1 is 1.23 bits per heavy atom. The summed E-state index contributed by atoms with van der Waals surface area (Å²) >= 11 is 0. The molecule has 0 radical (unpaired) electrons. The number of hydrogen-bond acceptors (Lipinski definition) is 6. The lowest BCUT2D eigenvalue weighted by Gasteiger charge is -2.05. The first kappa shape index (κ1) is 19.6. The first-order valence-electron chi connectivity index (χ1n) is 7.97. The number of nitrogens with one attached hydrogen (secondary N) is 1. The maximum absolute atomic E-state index is 12.0. The van der Waals surface area contributed by atoms with Gasteiger partial charge in [-0.2, -0.15) is 0 Å². The molecule has 0 bridgehead atoms. The van der Waals surface area contributed by atoms with Crippen LogP contribution in [0.4, 0.5) is 0 Å². The summed E-state index contributed by atoms with van der Waals surface area (Å²) in [5, 5.41) is 15.6. The van der Waals surface area contributed by atoms with Crippen molar-refractivity contribution in [2.24, 2.45) is 0 Å². The summed E-state index contributed by atoms with van der Waals surface area (Å²) in [5.74, 6) is -1.32. The standard InChI is InChI=1S/C17H20N2O6S/c1-3-13-15(17(21)22)14(25-19-13)10-11-4-6-12(7-5-11)16(20)18-8-9-26(2,23)24/h4-7H,3,8-10H2,1-2H3,(H,18,20)(H,21,22). The Labute approximate surface area is 151 Å². The van der Waals surface area contributed by atoms with Crippen LogP contribution in [0.15, 0.2) is 28.8 Å². The molecule has 0 saturated carbocycles. The summed E-state index contributed by atoms with van der Waals surface area (Å²) in [5.41, 5.74) is 1.62. The topological polar surface area (TPSA) is 127 Å². The van der Waals surface area contributed by atoms with E-state index in [0.29, 0.717) is 17.7 Å². The SMILES string of the molecule is CCc1noc(Cc2ccc(C(=O)NCCS(C)(=O)=O)cc2)c1C(=O)O. The van der Waals surface area contributed by atoms with E-state index in [4.69, 9.17) is 4.52 Å². The van der Waals surface area contributed by atoms with Gasteiger partial charge in [-0.05, 0) is 24.1 Å². The monoisotopic (exact) mass is 380 g/mol. The first-order valence-corrected chi connectivity index (χ1v) is 10.0. The van der Waals surface area contributed by atoms with Crippen LogP contribution in [-0.2, 0) is 22.7 Å². The van der Waals surface area contributed by atoms with Crippen LogP contribution >= 0.6 is 0 Å². The number of amides is 1. The van der Waals surface area contributed by atoms with Gasteiger partial charge < -0.3 is 14.9 Å².